The first-order valence-corrected chi connectivity index (χ1v) is 9.35. The molecule has 1 aromatic heterocycles. The lowest BCUT2D eigenvalue weighted by Gasteiger charge is -2.09. The van der Waals surface area contributed by atoms with Crippen LogP contribution < -0.4 is 14.9 Å². The number of esters is 1. The molecule has 3 rings (SSSR count). The van der Waals surface area contributed by atoms with E-state index in [1.54, 1.807) is 55.6 Å². The van der Waals surface area contributed by atoms with Gasteiger partial charge in [0.15, 0.2) is 11.5 Å². The molecule has 0 saturated heterocycles. The van der Waals surface area contributed by atoms with Crippen molar-refractivity contribution in [3.8, 4) is 22.8 Å². The van der Waals surface area contributed by atoms with E-state index in [2.05, 4.69) is 10.5 Å². The van der Waals surface area contributed by atoms with E-state index in [9.17, 15) is 9.59 Å². The predicted octanol–water partition coefficient (Wildman–Crippen LogP) is 3.44. The molecule has 0 radical (unpaired) electrons. The SMILES string of the molecule is COC(=O)c1cccc(-c2ccc(/C=N/NC(=O)Cc3ccc(OC)c(OC)c3)o2)c1. The van der Waals surface area contributed by atoms with Gasteiger partial charge in [0.25, 0.3) is 0 Å². The van der Waals surface area contributed by atoms with Crippen molar-refractivity contribution >= 4 is 18.1 Å². The fraction of sp³-hybridized carbons (Fsp3) is 0.174. The first kappa shape index (κ1) is 21.6. The van der Waals surface area contributed by atoms with E-state index in [-0.39, 0.29) is 12.3 Å². The second-order valence-electron chi connectivity index (χ2n) is 6.43. The van der Waals surface area contributed by atoms with E-state index in [1.165, 1.54) is 20.4 Å². The Morgan fingerprint density at radius 2 is 1.81 bits per heavy atom. The minimum absolute atomic E-state index is 0.126. The molecular weight excluding hydrogens is 400 g/mol. The molecule has 0 unspecified atom stereocenters. The number of nitrogens with zero attached hydrogens (tertiary/aromatic N) is 1. The van der Waals surface area contributed by atoms with Crippen LogP contribution in [-0.2, 0) is 16.0 Å². The minimum atomic E-state index is -0.424. The van der Waals surface area contributed by atoms with Crippen molar-refractivity contribution in [2.75, 3.05) is 21.3 Å². The standard InChI is InChI=1S/C23H22N2O6/c1-28-20-9-7-15(11-21(20)29-2)12-22(26)25-24-14-18-8-10-19(31-18)16-5-4-6-17(13-16)23(27)30-3/h4-11,13-14H,12H2,1-3H3,(H,25,26)/b24-14+. The molecule has 8 nitrogen and oxygen atoms in total. The number of carbonyl (C=O) groups excluding carboxylic acids is 2. The summed E-state index contributed by atoms with van der Waals surface area (Å²) < 4.78 is 20.9. The highest BCUT2D eigenvalue weighted by atomic mass is 16.5. The van der Waals surface area contributed by atoms with Gasteiger partial charge in [-0.2, -0.15) is 5.10 Å². The maximum atomic E-state index is 12.1. The van der Waals surface area contributed by atoms with E-state index in [0.29, 0.717) is 28.6 Å². The second kappa shape index (κ2) is 10.1. The smallest absolute Gasteiger partial charge is 0.337 e. The summed E-state index contributed by atoms with van der Waals surface area (Å²) in [6.45, 7) is 0. The van der Waals surface area contributed by atoms with Crippen LogP contribution in [0.2, 0.25) is 0 Å². The molecule has 0 aliphatic rings. The zero-order valence-corrected chi connectivity index (χ0v) is 17.4. The van der Waals surface area contributed by atoms with Crippen molar-refractivity contribution in [1.82, 2.24) is 5.43 Å². The van der Waals surface area contributed by atoms with Gasteiger partial charge >= 0.3 is 5.97 Å². The Balaban J connectivity index is 1.60. The van der Waals surface area contributed by atoms with Crippen LogP contribution in [0.25, 0.3) is 11.3 Å². The summed E-state index contributed by atoms with van der Waals surface area (Å²) >= 11 is 0. The molecule has 0 fully saturated rings. The van der Waals surface area contributed by atoms with Gasteiger partial charge in [-0.05, 0) is 42.0 Å². The number of hydrazone groups is 1. The van der Waals surface area contributed by atoms with Crippen molar-refractivity contribution in [1.29, 1.82) is 0 Å². The fourth-order valence-electron chi connectivity index (χ4n) is 2.88. The monoisotopic (exact) mass is 422 g/mol. The predicted molar refractivity (Wildman–Crippen MR) is 114 cm³/mol. The fourth-order valence-corrected chi connectivity index (χ4v) is 2.88. The Bertz CT molecular complexity index is 1100. The van der Waals surface area contributed by atoms with Gasteiger partial charge in [-0.25, -0.2) is 10.2 Å². The zero-order valence-electron chi connectivity index (χ0n) is 17.4. The van der Waals surface area contributed by atoms with E-state index in [1.807, 2.05) is 6.07 Å². The maximum absolute atomic E-state index is 12.1. The van der Waals surface area contributed by atoms with Gasteiger partial charge in [0, 0.05) is 5.56 Å². The number of methoxy groups -OCH3 is 3. The third kappa shape index (κ3) is 5.51. The molecule has 0 aliphatic carbocycles. The Morgan fingerprint density at radius 1 is 1.00 bits per heavy atom. The van der Waals surface area contributed by atoms with Crippen LogP contribution in [0.15, 0.2) is 64.1 Å². The Labute approximate surface area is 179 Å². The van der Waals surface area contributed by atoms with E-state index in [0.717, 1.165) is 11.1 Å². The Hall–Kier alpha value is -4.07. The first-order chi connectivity index (χ1) is 15.0. The highest BCUT2D eigenvalue weighted by molar-refractivity contribution is 5.90. The van der Waals surface area contributed by atoms with Crippen LogP contribution in [0.3, 0.4) is 0 Å². The largest absolute Gasteiger partial charge is 0.493 e. The maximum Gasteiger partial charge on any atom is 0.337 e. The summed E-state index contributed by atoms with van der Waals surface area (Å²) in [5.41, 5.74) is 4.37. The van der Waals surface area contributed by atoms with Gasteiger partial charge < -0.3 is 18.6 Å². The summed E-state index contributed by atoms with van der Waals surface area (Å²) in [6, 6.07) is 15.6. The molecular formula is C23H22N2O6. The number of ether oxygens (including phenoxy) is 3. The average molecular weight is 422 g/mol. The molecule has 0 spiro atoms. The van der Waals surface area contributed by atoms with Crippen LogP contribution in [0.4, 0.5) is 0 Å². The van der Waals surface area contributed by atoms with Crippen molar-refractivity contribution in [2.24, 2.45) is 5.10 Å². The molecule has 2 aromatic carbocycles. The number of nitrogens with one attached hydrogen (secondary N) is 1. The molecule has 0 aliphatic heterocycles. The van der Waals surface area contributed by atoms with Crippen LogP contribution in [0.1, 0.15) is 21.7 Å². The first-order valence-electron chi connectivity index (χ1n) is 9.35. The number of benzene rings is 2. The summed E-state index contributed by atoms with van der Waals surface area (Å²) in [7, 11) is 4.42. The number of carbonyl (C=O) groups is 2. The molecule has 1 N–H and O–H groups in total. The molecule has 0 bridgehead atoms. The van der Waals surface area contributed by atoms with Crippen molar-refractivity contribution in [3.05, 3.63) is 71.5 Å². The van der Waals surface area contributed by atoms with Gasteiger partial charge in [0.1, 0.15) is 11.5 Å². The van der Waals surface area contributed by atoms with Gasteiger partial charge in [-0.3, -0.25) is 4.79 Å². The molecule has 1 amide bonds. The highest BCUT2D eigenvalue weighted by Gasteiger charge is 2.10. The van der Waals surface area contributed by atoms with Crippen molar-refractivity contribution in [3.63, 3.8) is 0 Å². The van der Waals surface area contributed by atoms with Crippen LogP contribution >= 0.6 is 0 Å². The van der Waals surface area contributed by atoms with Crippen molar-refractivity contribution < 1.29 is 28.2 Å². The Morgan fingerprint density at radius 3 is 2.55 bits per heavy atom. The van der Waals surface area contributed by atoms with Crippen molar-refractivity contribution in [2.45, 2.75) is 6.42 Å². The number of amides is 1. The lowest BCUT2D eigenvalue weighted by atomic mass is 10.1. The molecule has 0 atom stereocenters. The summed E-state index contributed by atoms with van der Waals surface area (Å²) in [6.07, 6.45) is 1.53. The van der Waals surface area contributed by atoms with E-state index < -0.39 is 5.97 Å². The topological polar surface area (TPSA) is 99.4 Å². The number of hydrogen-bond donors (Lipinski definition) is 1. The Kier molecular flexibility index (Phi) is 7.05. The third-order valence-electron chi connectivity index (χ3n) is 4.39. The van der Waals surface area contributed by atoms with E-state index in [4.69, 9.17) is 18.6 Å². The molecule has 3 aromatic rings. The molecule has 160 valence electrons. The van der Waals surface area contributed by atoms with Gasteiger partial charge in [0.2, 0.25) is 5.91 Å². The number of rotatable bonds is 8. The lowest BCUT2D eigenvalue weighted by molar-refractivity contribution is -0.120. The minimum Gasteiger partial charge on any atom is -0.493 e. The molecule has 0 saturated carbocycles. The van der Waals surface area contributed by atoms with Gasteiger partial charge in [-0.15, -0.1) is 0 Å². The summed E-state index contributed by atoms with van der Waals surface area (Å²) in [4.78, 5) is 23.8. The molecule has 8 heteroatoms. The highest BCUT2D eigenvalue weighted by Crippen LogP contribution is 2.27. The van der Waals surface area contributed by atoms with Gasteiger partial charge in [-0.1, -0.05) is 18.2 Å². The van der Waals surface area contributed by atoms with Crippen LogP contribution in [-0.4, -0.2) is 39.4 Å². The number of hydrogen-bond acceptors (Lipinski definition) is 7. The quantitative estimate of drug-likeness (QED) is 0.339. The third-order valence-corrected chi connectivity index (χ3v) is 4.39. The summed E-state index contributed by atoms with van der Waals surface area (Å²) in [5.74, 6) is 1.44. The zero-order chi connectivity index (χ0) is 22.2. The van der Waals surface area contributed by atoms with Crippen LogP contribution in [0.5, 0.6) is 11.5 Å². The van der Waals surface area contributed by atoms with Gasteiger partial charge in [0.05, 0.1) is 39.5 Å². The molecule has 1 heterocycles. The molecule has 31 heavy (non-hydrogen) atoms. The summed E-state index contributed by atoms with van der Waals surface area (Å²) in [5, 5.41) is 3.93. The number of furan rings is 1. The van der Waals surface area contributed by atoms with Crippen LogP contribution in [0, 0.1) is 0 Å². The lowest BCUT2D eigenvalue weighted by Crippen LogP contribution is -2.19. The second-order valence-corrected chi connectivity index (χ2v) is 6.43. The average Bonchev–Trinajstić information content (AvgIpc) is 3.27. The normalized spacial score (nSPS) is 10.7. The van der Waals surface area contributed by atoms with E-state index >= 15 is 0 Å².